The minimum absolute atomic E-state index is 0. The van der Waals surface area contributed by atoms with E-state index in [0.717, 1.165) is 48.7 Å². The van der Waals surface area contributed by atoms with Gasteiger partial charge in [-0.15, -0.1) is 34.2 Å². The molecule has 0 radical (unpaired) electrons. The van der Waals surface area contributed by atoms with E-state index in [1.54, 1.807) is 0 Å². The van der Waals surface area contributed by atoms with Gasteiger partial charge < -0.3 is 14.8 Å². The molecule has 10 heteroatoms. The number of halogens is 4. The molecule has 1 aromatic carbocycles. The van der Waals surface area contributed by atoms with Gasteiger partial charge in [0.25, 0.3) is 0 Å². The van der Waals surface area contributed by atoms with Gasteiger partial charge in [-0.05, 0) is 31.0 Å². The Morgan fingerprint density at radius 3 is 2.61 bits per heavy atom. The number of rotatable bonds is 5. The van der Waals surface area contributed by atoms with Crippen molar-refractivity contribution in [2.45, 2.75) is 45.6 Å². The van der Waals surface area contributed by atoms with Crippen molar-refractivity contribution in [3.63, 3.8) is 0 Å². The number of hydrogen-bond acceptors (Lipinski definition) is 3. The van der Waals surface area contributed by atoms with Gasteiger partial charge in [-0.3, -0.25) is 0 Å². The first-order valence-electron chi connectivity index (χ1n) is 8.95. The molecule has 0 atom stereocenters. The van der Waals surface area contributed by atoms with Crippen molar-refractivity contribution in [1.82, 2.24) is 25.0 Å². The molecule has 1 N–H and O–H groups in total. The molecule has 1 aromatic heterocycles. The van der Waals surface area contributed by atoms with E-state index in [2.05, 4.69) is 25.1 Å². The summed E-state index contributed by atoms with van der Waals surface area (Å²) < 4.78 is 40.2. The van der Waals surface area contributed by atoms with Gasteiger partial charge in [0.1, 0.15) is 12.4 Å². The Bertz CT molecular complexity index is 801. The summed E-state index contributed by atoms with van der Waals surface area (Å²) >= 11 is 0. The largest absolute Gasteiger partial charge is 0.416 e. The molecule has 0 unspecified atom stereocenters. The van der Waals surface area contributed by atoms with Crippen LogP contribution in [0.5, 0.6) is 0 Å². The summed E-state index contributed by atoms with van der Waals surface area (Å²) in [5.41, 5.74) is 0.134. The molecule has 0 bridgehead atoms. The first-order chi connectivity index (χ1) is 12.9. The second-order valence-corrected chi connectivity index (χ2v) is 6.51. The second-order valence-electron chi connectivity index (χ2n) is 6.51. The normalized spacial score (nSPS) is 13.8. The summed E-state index contributed by atoms with van der Waals surface area (Å²) in [4.78, 5) is 6.50. The average Bonchev–Trinajstić information content (AvgIpc) is 3.22. The molecule has 0 fully saturated rings. The Balaban J connectivity index is 0.00000280. The number of benzene rings is 1. The van der Waals surface area contributed by atoms with Gasteiger partial charge in [-0.25, -0.2) is 4.99 Å². The highest BCUT2D eigenvalue weighted by Crippen LogP contribution is 2.29. The average molecular weight is 508 g/mol. The number of aromatic nitrogens is 3. The Kier molecular flexibility index (Phi) is 7.67. The van der Waals surface area contributed by atoms with Gasteiger partial charge in [-0.2, -0.15) is 13.2 Å². The third-order valence-corrected chi connectivity index (χ3v) is 4.45. The predicted molar refractivity (Wildman–Crippen MR) is 111 cm³/mol. The molecule has 154 valence electrons. The molecule has 0 aliphatic carbocycles. The minimum atomic E-state index is -4.32. The third-order valence-electron chi connectivity index (χ3n) is 4.45. The Hall–Kier alpha value is -1.85. The standard InChI is InChI=1S/C18H23F3N6.HI/c1-3-22-17(23-11-16-25-24-15-5-4-10-27(15)16)26(2)12-13-6-8-14(9-7-13)18(19,20)21;/h6-9H,3-5,10-12H2,1-2H3,(H,22,23);1H. The maximum absolute atomic E-state index is 12.7. The van der Waals surface area contributed by atoms with Crippen molar-refractivity contribution >= 4 is 29.9 Å². The highest BCUT2D eigenvalue weighted by Gasteiger charge is 2.30. The van der Waals surface area contributed by atoms with Crippen molar-refractivity contribution in [2.24, 2.45) is 4.99 Å². The maximum atomic E-state index is 12.7. The lowest BCUT2D eigenvalue weighted by atomic mass is 10.1. The van der Waals surface area contributed by atoms with Gasteiger partial charge in [0.2, 0.25) is 0 Å². The van der Waals surface area contributed by atoms with Crippen molar-refractivity contribution in [1.29, 1.82) is 0 Å². The van der Waals surface area contributed by atoms with E-state index in [1.807, 2.05) is 18.9 Å². The fourth-order valence-electron chi connectivity index (χ4n) is 3.09. The van der Waals surface area contributed by atoms with Crippen LogP contribution in [0.15, 0.2) is 29.3 Å². The molecule has 0 saturated carbocycles. The van der Waals surface area contributed by atoms with E-state index in [4.69, 9.17) is 0 Å². The Labute approximate surface area is 179 Å². The van der Waals surface area contributed by atoms with Crippen LogP contribution in [0.1, 0.15) is 36.1 Å². The number of nitrogens with one attached hydrogen (secondary N) is 1. The highest BCUT2D eigenvalue weighted by atomic mass is 127. The van der Waals surface area contributed by atoms with Crippen LogP contribution < -0.4 is 5.32 Å². The summed E-state index contributed by atoms with van der Waals surface area (Å²) in [5, 5.41) is 11.6. The number of hydrogen-bond donors (Lipinski definition) is 1. The van der Waals surface area contributed by atoms with Gasteiger partial charge in [0.05, 0.1) is 5.56 Å². The number of nitrogens with zero attached hydrogens (tertiary/aromatic N) is 5. The van der Waals surface area contributed by atoms with Crippen LogP contribution >= 0.6 is 24.0 Å². The van der Waals surface area contributed by atoms with Crippen molar-refractivity contribution in [3.05, 3.63) is 47.0 Å². The quantitative estimate of drug-likeness (QED) is 0.382. The molecule has 2 aromatic rings. The van der Waals surface area contributed by atoms with E-state index in [0.29, 0.717) is 25.6 Å². The summed E-state index contributed by atoms with van der Waals surface area (Å²) in [6, 6.07) is 5.20. The first-order valence-corrected chi connectivity index (χ1v) is 8.95. The van der Waals surface area contributed by atoms with Crippen LogP contribution in [-0.2, 0) is 32.2 Å². The van der Waals surface area contributed by atoms with Crippen LogP contribution in [0.4, 0.5) is 13.2 Å². The first kappa shape index (κ1) is 22.4. The number of aliphatic imine (C=N–C) groups is 1. The summed E-state index contributed by atoms with van der Waals surface area (Å²) in [6.45, 7) is 4.43. The molecule has 6 nitrogen and oxygen atoms in total. The topological polar surface area (TPSA) is 58.3 Å². The molecular weight excluding hydrogens is 484 g/mol. The molecule has 0 amide bonds. The third kappa shape index (κ3) is 5.36. The Morgan fingerprint density at radius 1 is 1.25 bits per heavy atom. The van der Waals surface area contributed by atoms with Gasteiger partial charge in [0.15, 0.2) is 11.8 Å². The lowest BCUT2D eigenvalue weighted by Gasteiger charge is -2.22. The highest BCUT2D eigenvalue weighted by molar-refractivity contribution is 14.0. The van der Waals surface area contributed by atoms with Crippen LogP contribution in [0.3, 0.4) is 0 Å². The number of alkyl halides is 3. The van der Waals surface area contributed by atoms with Crippen molar-refractivity contribution in [2.75, 3.05) is 13.6 Å². The van der Waals surface area contributed by atoms with E-state index >= 15 is 0 Å². The van der Waals surface area contributed by atoms with Gasteiger partial charge >= 0.3 is 6.18 Å². The number of guanidine groups is 1. The Morgan fingerprint density at radius 2 is 1.96 bits per heavy atom. The molecule has 1 aliphatic heterocycles. The van der Waals surface area contributed by atoms with E-state index in [9.17, 15) is 13.2 Å². The lowest BCUT2D eigenvalue weighted by molar-refractivity contribution is -0.137. The monoisotopic (exact) mass is 508 g/mol. The van der Waals surface area contributed by atoms with Gasteiger partial charge in [0, 0.05) is 33.1 Å². The van der Waals surface area contributed by atoms with Crippen molar-refractivity contribution in [3.8, 4) is 0 Å². The molecule has 2 heterocycles. The zero-order valence-corrected chi connectivity index (χ0v) is 18.2. The molecule has 0 saturated heterocycles. The fourth-order valence-corrected chi connectivity index (χ4v) is 3.09. The SMILES string of the molecule is CCNC(=NCc1nnc2n1CCC2)N(C)Cc1ccc(C(F)(F)F)cc1.I. The summed E-state index contributed by atoms with van der Waals surface area (Å²) in [7, 11) is 1.85. The predicted octanol–water partition coefficient (Wildman–Crippen LogP) is 3.46. The minimum Gasteiger partial charge on any atom is -0.357 e. The molecular formula is C18H24F3IN6. The number of fused-ring (bicyclic) bond motifs is 1. The van der Waals surface area contributed by atoms with Crippen LogP contribution in [-0.4, -0.2) is 39.2 Å². The molecule has 3 rings (SSSR count). The lowest BCUT2D eigenvalue weighted by Crippen LogP contribution is -2.38. The van der Waals surface area contributed by atoms with E-state index in [1.165, 1.54) is 12.1 Å². The molecule has 1 aliphatic rings. The molecule has 28 heavy (non-hydrogen) atoms. The van der Waals surface area contributed by atoms with Crippen LogP contribution in [0.25, 0.3) is 0 Å². The molecule has 0 spiro atoms. The zero-order valence-electron chi connectivity index (χ0n) is 15.8. The number of aryl methyl sites for hydroxylation is 1. The maximum Gasteiger partial charge on any atom is 0.416 e. The fraction of sp³-hybridized carbons (Fsp3) is 0.500. The van der Waals surface area contributed by atoms with E-state index < -0.39 is 11.7 Å². The zero-order chi connectivity index (χ0) is 19.4. The van der Waals surface area contributed by atoms with Gasteiger partial charge in [-0.1, -0.05) is 12.1 Å². The smallest absolute Gasteiger partial charge is 0.357 e. The second kappa shape index (κ2) is 9.57. The van der Waals surface area contributed by atoms with E-state index in [-0.39, 0.29) is 24.0 Å². The van der Waals surface area contributed by atoms with Crippen LogP contribution in [0.2, 0.25) is 0 Å². The summed E-state index contributed by atoms with van der Waals surface area (Å²) in [6.07, 6.45) is -2.29. The van der Waals surface area contributed by atoms with Crippen molar-refractivity contribution < 1.29 is 13.2 Å². The van der Waals surface area contributed by atoms with Crippen LogP contribution in [0, 0.1) is 0 Å². The summed E-state index contributed by atoms with van der Waals surface area (Å²) in [5.74, 6) is 2.51.